The van der Waals surface area contributed by atoms with E-state index in [2.05, 4.69) is 39.8 Å². The molecule has 3 heterocycles. The third-order valence-electron chi connectivity index (χ3n) is 13.0. The molecule has 1 aromatic carbocycles. The minimum atomic E-state index is -3.87. The number of hydrogen-bond acceptors (Lipinski definition) is 9. The second kappa shape index (κ2) is 14.9. The van der Waals surface area contributed by atoms with Crippen molar-refractivity contribution in [2.45, 2.75) is 132 Å². The number of fused-ring (bicyclic) bond motifs is 4. The highest BCUT2D eigenvalue weighted by Gasteiger charge is 2.62. The van der Waals surface area contributed by atoms with Crippen molar-refractivity contribution in [3.8, 4) is 5.88 Å². The smallest absolute Gasteiger partial charge is 0.306 e. The fourth-order valence-corrected chi connectivity index (χ4v) is 11.0. The van der Waals surface area contributed by atoms with E-state index in [-0.39, 0.29) is 55.6 Å². The number of esters is 1. The highest BCUT2D eigenvalue weighted by atomic mass is 32.2. The predicted molar refractivity (Wildman–Crippen MR) is 200 cm³/mol. The van der Waals surface area contributed by atoms with Gasteiger partial charge in [0.2, 0.25) is 27.7 Å². The largest absolute Gasteiger partial charge is 0.472 e. The maximum absolute atomic E-state index is 14.9. The van der Waals surface area contributed by atoms with Crippen molar-refractivity contribution in [3.05, 3.63) is 48.7 Å². The molecule has 2 N–H and O–H groups in total. The molecule has 3 amide bonds. The molecule has 8 rings (SSSR count). The molecule has 1 aromatic heterocycles. The van der Waals surface area contributed by atoms with Crippen LogP contribution in [0.1, 0.15) is 102 Å². The van der Waals surface area contributed by atoms with Gasteiger partial charge in [-0.3, -0.25) is 23.9 Å². The molecule has 4 saturated carbocycles. The zero-order valence-corrected chi connectivity index (χ0v) is 31.7. The topological polar surface area (TPSA) is 161 Å². The number of aromatic nitrogens is 1. The molecule has 290 valence electrons. The Balaban J connectivity index is 1.12. The summed E-state index contributed by atoms with van der Waals surface area (Å²) in [4.78, 5) is 62.8. The summed E-state index contributed by atoms with van der Waals surface area (Å²) in [5.74, 6) is -2.53. The average Bonchev–Trinajstić information content (AvgIpc) is 4.06. The fraction of sp³-hybridized carbons (Fsp3) is 0.634. The van der Waals surface area contributed by atoms with Crippen LogP contribution in [0, 0.1) is 23.7 Å². The normalized spacial score (nSPS) is 32.2. The minimum absolute atomic E-state index is 0.0380. The maximum Gasteiger partial charge on any atom is 0.306 e. The van der Waals surface area contributed by atoms with Crippen molar-refractivity contribution in [3.63, 3.8) is 0 Å². The lowest BCUT2D eigenvalue weighted by molar-refractivity contribution is -0.157. The van der Waals surface area contributed by atoms with E-state index >= 15 is 0 Å². The van der Waals surface area contributed by atoms with E-state index in [1.807, 2.05) is 6.07 Å². The second-order valence-electron chi connectivity index (χ2n) is 16.7. The van der Waals surface area contributed by atoms with Crippen LogP contribution in [0.2, 0.25) is 0 Å². The molecular formula is C41H52N4O8S. The van der Waals surface area contributed by atoms with E-state index in [0.29, 0.717) is 18.7 Å². The third-order valence-corrected chi connectivity index (χ3v) is 14.8. The SMILES string of the molecule is C=C[C@@H]1C[C@]1(NC(=O)[C@@H]1C[C@@H]2CN1C(=O)[C@H](C1CCCCC1)CC(=O)O[C@H]1CCC[C@@H]1CCCc1ccc3ccnc(c3c1)O2)C(=O)NS(=O)(=O)C1CC1. The highest BCUT2D eigenvalue weighted by Crippen LogP contribution is 2.46. The lowest BCUT2D eigenvalue weighted by Crippen LogP contribution is -2.57. The Morgan fingerprint density at radius 3 is 2.48 bits per heavy atom. The standard InChI is InChI=1S/C41H52N4O8S/c1-2-29-23-41(29,40(49)44-54(50,51)31-16-17-31)43-37(47)34-21-30-24-45(34)39(48)33(26-9-4-3-5-10-26)22-36(46)53-35-13-7-12-28(35)11-6-8-25-14-15-27-18-19-42-38(52-30)32(27)20-25/h2,14-15,18-20,26,28-31,33-35H,1,3-13,16-17,21-24H2,(H,43,47)(H,44,49)/t28-,29+,30+,33-,34-,35-,41+/m0/s1. The summed E-state index contributed by atoms with van der Waals surface area (Å²) in [6.07, 6.45) is 13.9. The second-order valence-corrected chi connectivity index (χ2v) is 18.6. The first kappa shape index (κ1) is 36.9. The van der Waals surface area contributed by atoms with Gasteiger partial charge in [0.25, 0.3) is 5.91 Å². The van der Waals surface area contributed by atoms with Crippen molar-refractivity contribution >= 4 is 44.5 Å². The molecule has 7 atom stereocenters. The first-order valence-corrected chi connectivity index (χ1v) is 21.6. The van der Waals surface area contributed by atoms with E-state index in [9.17, 15) is 27.6 Å². The summed E-state index contributed by atoms with van der Waals surface area (Å²) in [6.45, 7) is 3.90. The van der Waals surface area contributed by atoms with Crippen molar-refractivity contribution < 1.29 is 37.1 Å². The number of rotatable bonds is 7. The monoisotopic (exact) mass is 760 g/mol. The van der Waals surface area contributed by atoms with Crippen LogP contribution < -0.4 is 14.8 Å². The number of hydrogen-bond donors (Lipinski definition) is 2. The number of carbonyl (C=O) groups is 4. The Morgan fingerprint density at radius 2 is 1.72 bits per heavy atom. The minimum Gasteiger partial charge on any atom is -0.472 e. The summed E-state index contributed by atoms with van der Waals surface area (Å²) in [7, 11) is -3.87. The zero-order valence-electron chi connectivity index (χ0n) is 30.9. The van der Waals surface area contributed by atoms with Gasteiger partial charge in [-0.05, 0) is 106 Å². The summed E-state index contributed by atoms with van der Waals surface area (Å²) in [6, 6.07) is 7.19. The quantitative estimate of drug-likeness (QED) is 0.296. The highest BCUT2D eigenvalue weighted by molar-refractivity contribution is 7.91. The lowest BCUT2D eigenvalue weighted by atomic mass is 9.77. The third kappa shape index (κ3) is 7.49. The summed E-state index contributed by atoms with van der Waals surface area (Å²) < 4.78 is 40.5. The molecular weight excluding hydrogens is 709 g/mol. The van der Waals surface area contributed by atoms with Crippen molar-refractivity contribution in [2.24, 2.45) is 23.7 Å². The van der Waals surface area contributed by atoms with Gasteiger partial charge in [-0.25, -0.2) is 13.4 Å². The van der Waals surface area contributed by atoms with Gasteiger partial charge in [0.15, 0.2) is 0 Å². The molecule has 54 heavy (non-hydrogen) atoms. The zero-order chi connectivity index (χ0) is 37.6. The van der Waals surface area contributed by atoms with Crippen molar-refractivity contribution in [1.29, 1.82) is 0 Å². The van der Waals surface area contributed by atoms with E-state index < -0.39 is 56.6 Å². The van der Waals surface area contributed by atoms with Crippen LogP contribution in [0.25, 0.3) is 10.8 Å². The molecule has 4 aliphatic carbocycles. The van der Waals surface area contributed by atoms with Crippen LogP contribution in [-0.4, -0.2) is 77.6 Å². The Bertz CT molecular complexity index is 1930. The van der Waals surface area contributed by atoms with E-state index in [1.165, 1.54) is 4.90 Å². The Kier molecular flexibility index (Phi) is 10.2. The molecule has 1 saturated heterocycles. The number of sulfonamides is 1. The molecule has 5 fully saturated rings. The Morgan fingerprint density at radius 1 is 0.944 bits per heavy atom. The first-order valence-electron chi connectivity index (χ1n) is 20.1. The van der Waals surface area contributed by atoms with Gasteiger partial charge >= 0.3 is 5.97 Å². The Labute approximate surface area is 317 Å². The summed E-state index contributed by atoms with van der Waals surface area (Å²) >= 11 is 0. The molecule has 6 aliphatic rings. The fourth-order valence-electron chi connectivity index (χ4n) is 9.65. The number of carbonyl (C=O) groups excluding carboxylic acids is 4. The molecule has 0 unspecified atom stereocenters. The number of pyridine rings is 1. The number of nitrogens with one attached hydrogen (secondary N) is 2. The van der Waals surface area contributed by atoms with Gasteiger partial charge in [-0.15, -0.1) is 6.58 Å². The first-order chi connectivity index (χ1) is 26.0. The number of ether oxygens (including phenoxy) is 2. The number of nitrogens with zero attached hydrogens (tertiary/aromatic N) is 2. The van der Waals surface area contributed by atoms with Crippen LogP contribution in [0.5, 0.6) is 5.88 Å². The van der Waals surface area contributed by atoms with Crippen LogP contribution in [-0.2, 0) is 40.4 Å². The Hall–Kier alpha value is -4.00. The summed E-state index contributed by atoms with van der Waals surface area (Å²) in [5, 5.41) is 4.09. The van der Waals surface area contributed by atoms with Crippen LogP contribution in [0.4, 0.5) is 0 Å². The lowest BCUT2D eigenvalue weighted by Gasteiger charge is -2.34. The number of amides is 3. The van der Waals surface area contributed by atoms with Crippen LogP contribution in [0.15, 0.2) is 43.1 Å². The van der Waals surface area contributed by atoms with Gasteiger partial charge in [-0.1, -0.05) is 37.5 Å². The van der Waals surface area contributed by atoms with E-state index in [0.717, 1.165) is 87.0 Å². The molecule has 0 spiro atoms. The number of aryl methyl sites for hydroxylation is 1. The average molecular weight is 761 g/mol. The van der Waals surface area contributed by atoms with E-state index in [1.54, 1.807) is 12.3 Å². The molecule has 4 bridgehead atoms. The van der Waals surface area contributed by atoms with Gasteiger partial charge in [0.1, 0.15) is 23.8 Å². The predicted octanol–water partition coefficient (Wildman–Crippen LogP) is 4.89. The molecule has 0 radical (unpaired) electrons. The van der Waals surface area contributed by atoms with Crippen molar-refractivity contribution in [1.82, 2.24) is 19.9 Å². The van der Waals surface area contributed by atoms with Gasteiger partial charge in [0.05, 0.1) is 24.1 Å². The van der Waals surface area contributed by atoms with Crippen molar-refractivity contribution in [2.75, 3.05) is 6.54 Å². The van der Waals surface area contributed by atoms with Gasteiger partial charge < -0.3 is 19.7 Å². The summed E-state index contributed by atoms with van der Waals surface area (Å²) in [5.41, 5.74) is -0.351. The maximum atomic E-state index is 14.9. The van der Waals surface area contributed by atoms with Crippen LogP contribution >= 0.6 is 0 Å². The van der Waals surface area contributed by atoms with Crippen LogP contribution in [0.3, 0.4) is 0 Å². The van der Waals surface area contributed by atoms with Gasteiger partial charge in [0, 0.05) is 23.9 Å². The molecule has 2 aromatic rings. The molecule has 12 nitrogen and oxygen atoms in total. The molecule has 2 aliphatic heterocycles. The van der Waals surface area contributed by atoms with Gasteiger partial charge in [-0.2, -0.15) is 0 Å². The number of benzene rings is 1. The van der Waals surface area contributed by atoms with E-state index in [4.69, 9.17) is 9.47 Å². The molecule has 13 heteroatoms.